The minimum absolute atomic E-state index is 0.138. The second kappa shape index (κ2) is 21.0. The second-order valence-corrected chi connectivity index (χ2v) is 21.7. The smallest absolute Gasteiger partial charge is 0.233 e. The summed E-state index contributed by atoms with van der Waals surface area (Å²) in [5, 5.41) is 26.4. The fourth-order valence-electron chi connectivity index (χ4n) is 12.9. The van der Waals surface area contributed by atoms with E-state index in [9.17, 15) is 10.1 Å². The first kappa shape index (κ1) is 47.5. The van der Waals surface area contributed by atoms with Crippen molar-refractivity contribution < 1.29 is 14.3 Å². The van der Waals surface area contributed by atoms with Crippen LogP contribution in [0.1, 0.15) is 141 Å². The van der Waals surface area contributed by atoms with E-state index in [1.54, 1.807) is 6.92 Å². The van der Waals surface area contributed by atoms with Gasteiger partial charge < -0.3 is 34.0 Å². The van der Waals surface area contributed by atoms with Gasteiger partial charge in [0.25, 0.3) is 0 Å². The number of amides is 1. The van der Waals surface area contributed by atoms with Crippen LogP contribution < -0.4 is 19.4 Å². The second-order valence-electron chi connectivity index (χ2n) is 21.7. The number of carbonyl (C=O) groups is 1. The Morgan fingerprint density at radius 2 is 1.59 bits per heavy atom. The normalized spacial score (nSPS) is 21.4. The molecule has 2 aromatic carbocycles. The highest BCUT2D eigenvalue weighted by molar-refractivity contribution is 5.75. The summed E-state index contributed by atoms with van der Waals surface area (Å²) in [7, 11) is 0. The molecule has 7 aliphatic rings. The number of hydrogen-bond acceptors (Lipinski definition) is 11. The van der Waals surface area contributed by atoms with E-state index in [2.05, 4.69) is 86.0 Å². The number of carbonyl (C=O) groups excluding carboxylic acids is 1. The van der Waals surface area contributed by atoms with Crippen LogP contribution in [-0.2, 0) is 28.9 Å². The summed E-state index contributed by atoms with van der Waals surface area (Å²) in [6, 6.07) is 15.4. The average molecular weight is 937 g/mol. The molecule has 1 spiro atoms. The summed E-state index contributed by atoms with van der Waals surface area (Å²) >= 11 is 0. The number of anilines is 4. The molecule has 0 bridgehead atoms. The van der Waals surface area contributed by atoms with Gasteiger partial charge in [0.1, 0.15) is 6.10 Å². The molecule has 368 valence electrons. The van der Waals surface area contributed by atoms with Gasteiger partial charge in [-0.3, -0.25) is 9.89 Å². The summed E-state index contributed by atoms with van der Waals surface area (Å²) in [5.41, 5.74) is 12.8. The van der Waals surface area contributed by atoms with Crippen molar-refractivity contribution in [1.82, 2.24) is 30.2 Å². The van der Waals surface area contributed by atoms with Crippen molar-refractivity contribution in [1.29, 1.82) is 5.26 Å². The first-order valence-corrected chi connectivity index (χ1v) is 26.7. The van der Waals surface area contributed by atoms with Gasteiger partial charge in [0, 0.05) is 114 Å². The number of H-pyrrole nitrogens is 1. The molecule has 5 fully saturated rings. The third kappa shape index (κ3) is 10.5. The Bertz CT molecular complexity index is 2450. The molecule has 69 heavy (non-hydrogen) atoms. The van der Waals surface area contributed by atoms with Gasteiger partial charge in [-0.1, -0.05) is 25.3 Å². The Kier molecular flexibility index (Phi) is 14.5. The zero-order valence-corrected chi connectivity index (χ0v) is 42.0. The number of nitriles is 1. The van der Waals surface area contributed by atoms with E-state index in [0.29, 0.717) is 23.8 Å². The summed E-state index contributed by atoms with van der Waals surface area (Å²) in [6.45, 7) is 20.1. The van der Waals surface area contributed by atoms with E-state index in [1.807, 2.05) is 17.0 Å². The number of piperidine rings is 2. The van der Waals surface area contributed by atoms with E-state index in [1.165, 1.54) is 103 Å². The average Bonchev–Trinajstić information content (AvgIpc) is 4.00. The van der Waals surface area contributed by atoms with Crippen molar-refractivity contribution >= 4 is 28.9 Å². The summed E-state index contributed by atoms with van der Waals surface area (Å²) in [4.78, 5) is 23.8. The maximum Gasteiger partial charge on any atom is 0.233 e. The van der Waals surface area contributed by atoms with E-state index in [4.69, 9.17) is 14.6 Å². The van der Waals surface area contributed by atoms with Crippen LogP contribution in [0.15, 0.2) is 36.4 Å². The lowest BCUT2D eigenvalue weighted by atomic mass is 9.78. The number of nitrogens with zero attached hydrogens (tertiary/aromatic N) is 9. The Morgan fingerprint density at radius 1 is 0.826 bits per heavy atom. The Morgan fingerprint density at radius 3 is 2.32 bits per heavy atom. The summed E-state index contributed by atoms with van der Waals surface area (Å²) in [6.07, 6.45) is 18.5. The number of nitrogens with one attached hydrogen (secondary N) is 1. The number of fused-ring (bicyclic) bond motifs is 2. The van der Waals surface area contributed by atoms with Crippen LogP contribution >= 0.6 is 0 Å². The molecule has 8 heterocycles. The molecular formula is C56H76N10O3. The van der Waals surface area contributed by atoms with Crippen molar-refractivity contribution in [3.63, 3.8) is 0 Å². The number of hydrogen-bond donors (Lipinski definition) is 1. The van der Waals surface area contributed by atoms with Crippen LogP contribution in [-0.4, -0.2) is 114 Å². The van der Waals surface area contributed by atoms with Gasteiger partial charge in [0.15, 0.2) is 11.6 Å². The van der Waals surface area contributed by atoms with Crippen molar-refractivity contribution in [3.05, 3.63) is 81.0 Å². The minimum Gasteiger partial charge on any atom is -0.473 e. The largest absolute Gasteiger partial charge is 0.473 e. The zero-order valence-electron chi connectivity index (χ0n) is 42.0. The predicted octanol–water partition coefficient (Wildman–Crippen LogP) is 9.49. The van der Waals surface area contributed by atoms with Crippen LogP contribution in [0.2, 0.25) is 0 Å². The molecule has 11 rings (SSSR count). The molecule has 0 radical (unpaired) electrons. The fraction of sp³-hybridized carbons (Fsp3) is 0.625. The number of aromatic amines is 1. The summed E-state index contributed by atoms with van der Waals surface area (Å²) in [5.74, 6) is 4.31. The number of ether oxygens (including phenoxy) is 2. The Hall–Kier alpha value is -5.19. The van der Waals surface area contributed by atoms with Gasteiger partial charge in [-0.05, 0) is 161 Å². The quantitative estimate of drug-likeness (QED) is 0.181. The lowest BCUT2D eigenvalue weighted by Gasteiger charge is -2.40. The lowest BCUT2D eigenvalue weighted by Crippen LogP contribution is -2.42. The van der Waals surface area contributed by atoms with Gasteiger partial charge in [0.05, 0.1) is 18.2 Å². The highest BCUT2D eigenvalue weighted by atomic mass is 16.5. The van der Waals surface area contributed by atoms with Crippen molar-refractivity contribution in [2.45, 2.75) is 143 Å². The lowest BCUT2D eigenvalue weighted by molar-refractivity contribution is -0.129. The molecule has 13 heteroatoms. The van der Waals surface area contributed by atoms with Crippen LogP contribution in [0.3, 0.4) is 0 Å². The summed E-state index contributed by atoms with van der Waals surface area (Å²) < 4.78 is 11.8. The van der Waals surface area contributed by atoms with Crippen molar-refractivity contribution in [3.8, 4) is 11.9 Å². The van der Waals surface area contributed by atoms with Gasteiger partial charge in [0.2, 0.25) is 11.8 Å². The van der Waals surface area contributed by atoms with E-state index >= 15 is 0 Å². The number of aromatic nitrogens is 4. The molecule has 4 saturated heterocycles. The van der Waals surface area contributed by atoms with Gasteiger partial charge in [-0.2, -0.15) is 10.4 Å². The highest BCUT2D eigenvalue weighted by Gasteiger charge is 2.41. The molecule has 0 unspecified atom stereocenters. The molecule has 1 saturated carbocycles. The topological polar surface area (TPSA) is 130 Å². The van der Waals surface area contributed by atoms with Crippen molar-refractivity contribution in [2.75, 3.05) is 86.8 Å². The van der Waals surface area contributed by atoms with Crippen LogP contribution in [0.25, 0.3) is 0 Å². The Labute approximate surface area is 410 Å². The molecule has 1 N–H and O–H groups in total. The first-order chi connectivity index (χ1) is 33.6. The standard InChI is InChI=1S/C33H46N6O.C23H30N4O2/c1-25-26(2)30(9-8-28(25)22-34)39-21-16-33(24-39)14-19-38(20-15-33)31-10-11-32(36-35-31)40-29-12-17-37(18-13-29)23-27-6-4-3-5-7-27;1-15-12-22-18(13-19(15)17-6-10-29-11-7-17)4-3-8-27(22)23-20-14-26(16(2)28)9-5-21(20)24-25-23/h8-11,27,29H,3-7,12-21,23-24H2,1-2H3;12-13,17H,3-11,14H2,1-2H3,(H,24,25). The molecular weight excluding hydrogens is 861 g/mol. The number of aryl methyl sites for hydroxylation is 2. The maximum absolute atomic E-state index is 11.9. The maximum atomic E-state index is 11.9. The zero-order chi connectivity index (χ0) is 47.5. The van der Waals surface area contributed by atoms with Crippen LogP contribution in [0.5, 0.6) is 5.88 Å². The third-order valence-electron chi connectivity index (χ3n) is 17.4. The molecule has 0 atom stereocenters. The number of rotatable bonds is 8. The molecule has 6 aliphatic heterocycles. The molecule has 1 amide bonds. The number of likely N-dealkylation sites (tertiary alicyclic amines) is 1. The van der Waals surface area contributed by atoms with Crippen LogP contribution in [0, 0.1) is 43.4 Å². The Balaban J connectivity index is 0.000000169. The van der Waals surface area contributed by atoms with Gasteiger partial charge in [-0.25, -0.2) is 0 Å². The minimum atomic E-state index is 0.138. The first-order valence-electron chi connectivity index (χ1n) is 26.7. The molecule has 1 aliphatic carbocycles. The van der Waals surface area contributed by atoms with E-state index < -0.39 is 0 Å². The van der Waals surface area contributed by atoms with Crippen LogP contribution in [0.4, 0.5) is 23.0 Å². The molecule has 13 nitrogen and oxygen atoms in total. The third-order valence-corrected chi connectivity index (χ3v) is 17.4. The van der Waals surface area contributed by atoms with Crippen molar-refractivity contribution in [2.24, 2.45) is 11.3 Å². The van der Waals surface area contributed by atoms with Gasteiger partial charge >= 0.3 is 0 Å². The van der Waals surface area contributed by atoms with E-state index in [-0.39, 0.29) is 12.0 Å². The predicted molar refractivity (Wildman–Crippen MR) is 273 cm³/mol. The number of benzene rings is 2. The van der Waals surface area contributed by atoms with Gasteiger partial charge in [-0.15, -0.1) is 10.2 Å². The molecule has 4 aromatic rings. The fourth-order valence-corrected chi connectivity index (χ4v) is 12.9. The van der Waals surface area contributed by atoms with E-state index in [0.717, 1.165) is 139 Å². The highest BCUT2D eigenvalue weighted by Crippen LogP contribution is 2.44. The SMILES string of the molecule is CC(=O)N1CCc2[nH]nc(N3CCCc4cc(C5CCOCC5)c(C)cc43)c2C1.Cc1c(C#N)ccc(N2CCC3(CCN(c4ccc(OC5CCN(CC6CCCCC6)CC5)nn4)CC3)C2)c1C. The molecule has 2 aromatic heterocycles. The monoisotopic (exact) mass is 937 g/mol.